The number of alkyl halides is 3. The van der Waals surface area contributed by atoms with Crippen LogP contribution in [0.15, 0.2) is 42.5 Å². The predicted octanol–water partition coefficient (Wildman–Crippen LogP) is 2.89. The van der Waals surface area contributed by atoms with Crippen molar-refractivity contribution >= 4 is 11.8 Å². The highest BCUT2D eigenvalue weighted by molar-refractivity contribution is 5.95. The maximum absolute atomic E-state index is 13.3. The molecule has 1 saturated carbocycles. The summed E-state index contributed by atoms with van der Waals surface area (Å²) in [5, 5.41) is 19.4. The zero-order valence-corrected chi connectivity index (χ0v) is 16.5. The van der Waals surface area contributed by atoms with Gasteiger partial charge in [-0.05, 0) is 48.2 Å². The van der Waals surface area contributed by atoms with Crippen molar-refractivity contribution in [3.8, 4) is 16.9 Å². The second-order valence-corrected chi connectivity index (χ2v) is 7.92. The number of piperazine rings is 1. The van der Waals surface area contributed by atoms with E-state index in [0.29, 0.717) is 50.7 Å². The third-order valence-electron chi connectivity index (χ3n) is 5.73. The van der Waals surface area contributed by atoms with Crippen LogP contribution in [-0.4, -0.2) is 63.6 Å². The van der Waals surface area contributed by atoms with Gasteiger partial charge in [-0.25, -0.2) is 0 Å². The summed E-state index contributed by atoms with van der Waals surface area (Å²) in [5.74, 6) is -1.04. The molecule has 31 heavy (non-hydrogen) atoms. The van der Waals surface area contributed by atoms with Gasteiger partial charge < -0.3 is 20.0 Å². The lowest BCUT2D eigenvalue weighted by Gasteiger charge is -2.35. The Hall–Kier alpha value is -3.07. The van der Waals surface area contributed by atoms with E-state index in [2.05, 4.69) is 0 Å². The number of halogens is 3. The van der Waals surface area contributed by atoms with Crippen LogP contribution in [0.25, 0.3) is 11.1 Å². The number of hydrogen-bond acceptors (Lipinski definition) is 4. The molecule has 0 aromatic heterocycles. The number of nitrogens with zero attached hydrogens (tertiary/aromatic N) is 2. The van der Waals surface area contributed by atoms with Gasteiger partial charge in [0.25, 0.3) is 11.8 Å². The molecule has 2 fully saturated rings. The second kappa shape index (κ2) is 7.56. The van der Waals surface area contributed by atoms with E-state index in [1.807, 2.05) is 0 Å². The van der Waals surface area contributed by atoms with Gasteiger partial charge in [-0.1, -0.05) is 18.2 Å². The number of phenolic OH excluding ortho intramolecular Hbond substituents is 1. The van der Waals surface area contributed by atoms with Crippen LogP contribution in [0.1, 0.15) is 28.8 Å². The number of aromatic hydroxyl groups is 1. The molecule has 1 heterocycles. The number of benzene rings is 2. The smallest absolute Gasteiger partial charge is 0.417 e. The highest BCUT2D eigenvalue weighted by atomic mass is 19.4. The van der Waals surface area contributed by atoms with Gasteiger partial charge >= 0.3 is 6.18 Å². The van der Waals surface area contributed by atoms with Crippen LogP contribution < -0.4 is 0 Å². The lowest BCUT2D eigenvalue weighted by molar-refractivity contribution is -0.144. The SMILES string of the molecule is O=C(c1ccc(-c2ccc(O)cc2C(F)(F)F)cc1)N1CCN(C(=O)C2(O)CC2)CC1. The summed E-state index contributed by atoms with van der Waals surface area (Å²) in [5.41, 5.74) is -1.67. The number of rotatable bonds is 3. The van der Waals surface area contributed by atoms with Crippen LogP contribution in [0.5, 0.6) is 5.75 Å². The zero-order chi connectivity index (χ0) is 22.4. The van der Waals surface area contributed by atoms with E-state index in [1.54, 1.807) is 9.80 Å². The predicted molar refractivity (Wildman–Crippen MR) is 105 cm³/mol. The van der Waals surface area contributed by atoms with Crippen molar-refractivity contribution in [1.29, 1.82) is 0 Å². The standard InChI is InChI=1S/C22H21F3N2O4/c23-22(24,25)18-13-16(28)5-6-17(18)14-1-3-15(4-2-14)19(29)26-9-11-27(12-10-26)20(30)21(31)7-8-21/h1-6,13,28,31H,7-12H2. The van der Waals surface area contributed by atoms with Gasteiger partial charge in [0.1, 0.15) is 11.4 Å². The van der Waals surface area contributed by atoms with Gasteiger partial charge in [-0.2, -0.15) is 13.2 Å². The molecule has 2 N–H and O–H groups in total. The molecule has 2 amide bonds. The van der Waals surface area contributed by atoms with Crippen LogP contribution in [-0.2, 0) is 11.0 Å². The van der Waals surface area contributed by atoms with Crippen LogP contribution in [0.4, 0.5) is 13.2 Å². The molecular weight excluding hydrogens is 413 g/mol. The first-order valence-corrected chi connectivity index (χ1v) is 9.90. The summed E-state index contributed by atoms with van der Waals surface area (Å²) in [4.78, 5) is 28.1. The molecule has 2 aromatic rings. The van der Waals surface area contributed by atoms with E-state index in [4.69, 9.17) is 0 Å². The lowest BCUT2D eigenvalue weighted by Crippen LogP contribution is -2.53. The maximum Gasteiger partial charge on any atom is 0.417 e. The average Bonchev–Trinajstić information content (AvgIpc) is 3.51. The molecule has 0 unspecified atom stereocenters. The Balaban J connectivity index is 1.46. The Labute approximate surface area is 176 Å². The van der Waals surface area contributed by atoms with Crippen LogP contribution in [0, 0.1) is 0 Å². The maximum atomic E-state index is 13.3. The Kier molecular flexibility index (Phi) is 5.17. The number of amides is 2. The van der Waals surface area contributed by atoms with Gasteiger partial charge in [0.2, 0.25) is 0 Å². The molecule has 1 saturated heterocycles. The molecule has 0 bridgehead atoms. The topological polar surface area (TPSA) is 81.1 Å². The van der Waals surface area contributed by atoms with Crippen molar-refractivity contribution in [2.45, 2.75) is 24.6 Å². The highest BCUT2D eigenvalue weighted by Crippen LogP contribution is 2.39. The van der Waals surface area contributed by atoms with Crippen molar-refractivity contribution in [1.82, 2.24) is 9.80 Å². The van der Waals surface area contributed by atoms with Crippen molar-refractivity contribution in [3.63, 3.8) is 0 Å². The van der Waals surface area contributed by atoms with Gasteiger partial charge in [-0.3, -0.25) is 9.59 Å². The molecule has 9 heteroatoms. The van der Waals surface area contributed by atoms with Gasteiger partial charge in [0.05, 0.1) is 5.56 Å². The molecule has 1 aliphatic carbocycles. The van der Waals surface area contributed by atoms with Crippen molar-refractivity contribution in [2.24, 2.45) is 0 Å². The molecule has 164 valence electrons. The fourth-order valence-electron chi connectivity index (χ4n) is 3.73. The van der Waals surface area contributed by atoms with E-state index in [0.717, 1.165) is 0 Å². The fourth-order valence-corrected chi connectivity index (χ4v) is 3.73. The van der Waals surface area contributed by atoms with E-state index in [1.165, 1.54) is 36.4 Å². The minimum absolute atomic E-state index is 0.0885. The zero-order valence-electron chi connectivity index (χ0n) is 16.5. The first kappa shape index (κ1) is 21.2. The van der Waals surface area contributed by atoms with Gasteiger partial charge in [0, 0.05) is 31.7 Å². The Morgan fingerprint density at radius 2 is 1.48 bits per heavy atom. The highest BCUT2D eigenvalue weighted by Gasteiger charge is 2.50. The fraction of sp³-hybridized carbons (Fsp3) is 0.364. The van der Waals surface area contributed by atoms with E-state index < -0.39 is 23.1 Å². The number of phenols is 1. The quantitative estimate of drug-likeness (QED) is 0.779. The summed E-state index contributed by atoms with van der Waals surface area (Å²) >= 11 is 0. The molecule has 0 radical (unpaired) electrons. The third-order valence-corrected chi connectivity index (χ3v) is 5.73. The Morgan fingerprint density at radius 1 is 0.903 bits per heavy atom. The summed E-state index contributed by atoms with van der Waals surface area (Å²) in [6, 6.07) is 8.87. The number of aliphatic hydroxyl groups is 1. The van der Waals surface area contributed by atoms with Crippen LogP contribution in [0.3, 0.4) is 0 Å². The molecule has 0 atom stereocenters. The summed E-state index contributed by atoms with van der Waals surface area (Å²) in [6.07, 6.45) is -3.70. The minimum atomic E-state index is -4.63. The van der Waals surface area contributed by atoms with E-state index in [9.17, 15) is 33.0 Å². The molecule has 0 spiro atoms. The first-order chi connectivity index (χ1) is 14.6. The molecule has 4 rings (SSSR count). The van der Waals surface area contributed by atoms with Crippen LogP contribution in [0.2, 0.25) is 0 Å². The molecule has 2 aliphatic rings. The molecule has 1 aliphatic heterocycles. The lowest BCUT2D eigenvalue weighted by atomic mass is 9.97. The molecular formula is C22H21F3N2O4. The first-order valence-electron chi connectivity index (χ1n) is 9.90. The van der Waals surface area contributed by atoms with Crippen LogP contribution >= 0.6 is 0 Å². The van der Waals surface area contributed by atoms with Crippen molar-refractivity contribution in [3.05, 3.63) is 53.6 Å². The van der Waals surface area contributed by atoms with Gasteiger partial charge in [-0.15, -0.1) is 0 Å². The van der Waals surface area contributed by atoms with Crippen molar-refractivity contribution < 1.29 is 33.0 Å². The largest absolute Gasteiger partial charge is 0.508 e. The Morgan fingerprint density at radius 3 is 2.03 bits per heavy atom. The summed E-state index contributed by atoms with van der Waals surface area (Å²) in [7, 11) is 0. The summed E-state index contributed by atoms with van der Waals surface area (Å²) < 4.78 is 39.9. The second-order valence-electron chi connectivity index (χ2n) is 7.92. The monoisotopic (exact) mass is 434 g/mol. The molecule has 6 nitrogen and oxygen atoms in total. The van der Waals surface area contributed by atoms with E-state index in [-0.39, 0.29) is 22.9 Å². The van der Waals surface area contributed by atoms with E-state index >= 15 is 0 Å². The number of hydrogen-bond donors (Lipinski definition) is 2. The molecule has 2 aromatic carbocycles. The summed E-state index contributed by atoms with van der Waals surface area (Å²) in [6.45, 7) is 1.29. The van der Waals surface area contributed by atoms with Gasteiger partial charge in [0.15, 0.2) is 0 Å². The minimum Gasteiger partial charge on any atom is -0.508 e. The number of carbonyl (C=O) groups is 2. The normalized spacial score (nSPS) is 18.1. The number of carbonyl (C=O) groups excluding carboxylic acids is 2. The Bertz CT molecular complexity index is 1010. The van der Waals surface area contributed by atoms with Crippen molar-refractivity contribution in [2.75, 3.05) is 26.2 Å². The average molecular weight is 434 g/mol. The third kappa shape index (κ3) is 4.23.